The summed E-state index contributed by atoms with van der Waals surface area (Å²) in [6.45, 7) is 10.0. The van der Waals surface area contributed by atoms with Crippen molar-refractivity contribution in [1.29, 1.82) is 0 Å². The van der Waals surface area contributed by atoms with E-state index in [1.54, 1.807) is 47.6 Å². The van der Waals surface area contributed by atoms with Gasteiger partial charge in [-0.25, -0.2) is 4.79 Å². The molecule has 0 saturated carbocycles. The Bertz CT molecular complexity index is 939. The first kappa shape index (κ1) is 28.6. The van der Waals surface area contributed by atoms with Gasteiger partial charge in [0, 0.05) is 12.8 Å². The number of carboxylic acid groups (broad SMARTS) is 1. The fourth-order valence-electron chi connectivity index (χ4n) is 2.41. The highest BCUT2D eigenvalue weighted by Gasteiger charge is 2.29. The maximum atomic E-state index is 12.5. The second-order valence-corrected chi connectivity index (χ2v) is 9.80. The standard InChI is InChI=1S/C24H33NO9/c1-23(2,3)21(30)33-16-9-8-14(13-17(16)34-22(31)24(4,5)6)12-15(20(29)32-7)25-18(26)10-11-19(27)28/h8-9,13,15H,10-12H2,1-7H3,(H,25,26)(H,27,28). The SMILES string of the molecule is COC(=O)C(Cc1ccc(OC(=O)C(C)(C)C)c(OC(=O)C(C)(C)C)c1)NC(=O)CCC(=O)O. The second-order valence-electron chi connectivity index (χ2n) is 9.80. The van der Waals surface area contributed by atoms with Crippen LogP contribution in [0, 0.1) is 10.8 Å². The van der Waals surface area contributed by atoms with E-state index in [0.717, 1.165) is 7.11 Å². The Morgan fingerprint density at radius 2 is 1.41 bits per heavy atom. The minimum Gasteiger partial charge on any atom is -0.481 e. The average Bonchev–Trinajstić information content (AvgIpc) is 2.71. The van der Waals surface area contributed by atoms with Crippen LogP contribution >= 0.6 is 0 Å². The molecule has 1 atom stereocenters. The van der Waals surface area contributed by atoms with E-state index in [-0.39, 0.29) is 30.8 Å². The van der Waals surface area contributed by atoms with E-state index < -0.39 is 46.7 Å². The monoisotopic (exact) mass is 479 g/mol. The van der Waals surface area contributed by atoms with Gasteiger partial charge in [-0.1, -0.05) is 6.07 Å². The van der Waals surface area contributed by atoms with Crippen LogP contribution in [0.5, 0.6) is 11.5 Å². The largest absolute Gasteiger partial charge is 0.481 e. The van der Waals surface area contributed by atoms with Crippen LogP contribution in [-0.2, 0) is 35.1 Å². The molecule has 0 aromatic heterocycles. The molecule has 10 heteroatoms. The summed E-state index contributed by atoms with van der Waals surface area (Å²) in [4.78, 5) is 59.8. The van der Waals surface area contributed by atoms with E-state index in [2.05, 4.69) is 5.32 Å². The molecule has 34 heavy (non-hydrogen) atoms. The molecule has 188 valence electrons. The van der Waals surface area contributed by atoms with Gasteiger partial charge in [0.25, 0.3) is 0 Å². The van der Waals surface area contributed by atoms with Crippen LogP contribution in [0.2, 0.25) is 0 Å². The van der Waals surface area contributed by atoms with Crippen LogP contribution in [0.3, 0.4) is 0 Å². The smallest absolute Gasteiger partial charge is 0.328 e. The van der Waals surface area contributed by atoms with Crippen LogP contribution in [0.15, 0.2) is 18.2 Å². The summed E-state index contributed by atoms with van der Waals surface area (Å²) in [7, 11) is 1.16. The number of carboxylic acids is 1. The fourth-order valence-corrected chi connectivity index (χ4v) is 2.41. The number of rotatable bonds is 9. The fraction of sp³-hybridized carbons (Fsp3) is 0.542. The van der Waals surface area contributed by atoms with Crippen molar-refractivity contribution in [2.75, 3.05) is 7.11 Å². The number of amides is 1. The number of benzene rings is 1. The van der Waals surface area contributed by atoms with Crippen molar-refractivity contribution in [3.63, 3.8) is 0 Å². The van der Waals surface area contributed by atoms with Crippen LogP contribution in [0.4, 0.5) is 0 Å². The molecule has 1 aromatic rings. The van der Waals surface area contributed by atoms with Crippen molar-refractivity contribution >= 4 is 29.8 Å². The topological polar surface area (TPSA) is 145 Å². The van der Waals surface area contributed by atoms with E-state index in [0.29, 0.717) is 5.56 Å². The number of nitrogens with one attached hydrogen (secondary N) is 1. The Kier molecular flexibility index (Phi) is 9.78. The molecular formula is C24H33NO9. The van der Waals surface area contributed by atoms with Crippen molar-refractivity contribution in [2.45, 2.75) is 66.8 Å². The first-order valence-corrected chi connectivity index (χ1v) is 10.7. The third kappa shape index (κ3) is 9.21. The predicted molar refractivity (Wildman–Crippen MR) is 121 cm³/mol. The molecule has 1 unspecified atom stereocenters. The van der Waals surface area contributed by atoms with Gasteiger partial charge in [-0.15, -0.1) is 0 Å². The molecule has 10 nitrogen and oxygen atoms in total. The highest BCUT2D eigenvalue weighted by atomic mass is 16.6. The van der Waals surface area contributed by atoms with Gasteiger partial charge in [0.15, 0.2) is 11.5 Å². The maximum absolute atomic E-state index is 12.5. The highest BCUT2D eigenvalue weighted by molar-refractivity contribution is 5.86. The number of ether oxygens (including phenoxy) is 3. The molecule has 2 N–H and O–H groups in total. The summed E-state index contributed by atoms with van der Waals surface area (Å²) in [5, 5.41) is 11.2. The van der Waals surface area contributed by atoms with Crippen molar-refractivity contribution in [2.24, 2.45) is 10.8 Å². The van der Waals surface area contributed by atoms with Crippen molar-refractivity contribution in [3.05, 3.63) is 23.8 Å². The summed E-state index contributed by atoms with van der Waals surface area (Å²) >= 11 is 0. The highest BCUT2D eigenvalue weighted by Crippen LogP contribution is 2.33. The molecule has 0 fully saturated rings. The Balaban J connectivity index is 3.24. The van der Waals surface area contributed by atoms with Crippen LogP contribution in [0.25, 0.3) is 0 Å². The molecule has 1 rings (SSSR count). The van der Waals surface area contributed by atoms with E-state index in [4.69, 9.17) is 19.3 Å². The number of hydrogen-bond acceptors (Lipinski definition) is 8. The summed E-state index contributed by atoms with van der Waals surface area (Å²) in [5.41, 5.74) is -1.17. The predicted octanol–water partition coefficient (Wildman–Crippen LogP) is 2.65. The average molecular weight is 480 g/mol. The number of hydrogen-bond donors (Lipinski definition) is 2. The normalized spacial score (nSPS) is 12.3. The molecule has 0 heterocycles. The van der Waals surface area contributed by atoms with Gasteiger partial charge in [0.2, 0.25) is 5.91 Å². The summed E-state index contributed by atoms with van der Waals surface area (Å²) < 4.78 is 15.7. The molecule has 0 aliphatic carbocycles. The van der Waals surface area contributed by atoms with Crippen LogP contribution < -0.4 is 14.8 Å². The Morgan fingerprint density at radius 3 is 1.88 bits per heavy atom. The van der Waals surface area contributed by atoms with Crippen molar-refractivity contribution < 1.29 is 43.3 Å². The zero-order valence-corrected chi connectivity index (χ0v) is 20.6. The maximum Gasteiger partial charge on any atom is 0.328 e. The quantitative estimate of drug-likeness (QED) is 0.403. The number of carbonyl (C=O) groups is 5. The molecule has 0 saturated heterocycles. The van der Waals surface area contributed by atoms with E-state index in [9.17, 15) is 24.0 Å². The first-order valence-electron chi connectivity index (χ1n) is 10.7. The third-order valence-corrected chi connectivity index (χ3v) is 4.46. The Labute approximate surface area is 198 Å². The molecule has 1 aromatic carbocycles. The third-order valence-electron chi connectivity index (χ3n) is 4.46. The zero-order valence-electron chi connectivity index (χ0n) is 20.6. The van der Waals surface area contributed by atoms with Gasteiger partial charge in [-0.2, -0.15) is 0 Å². The Morgan fingerprint density at radius 1 is 0.882 bits per heavy atom. The molecule has 0 aliphatic rings. The van der Waals surface area contributed by atoms with Gasteiger partial charge < -0.3 is 24.6 Å². The molecule has 0 spiro atoms. The van der Waals surface area contributed by atoms with Crippen LogP contribution in [0.1, 0.15) is 59.9 Å². The number of methoxy groups -OCH3 is 1. The van der Waals surface area contributed by atoms with Crippen LogP contribution in [-0.4, -0.2) is 48.0 Å². The lowest BCUT2D eigenvalue weighted by Crippen LogP contribution is -2.43. The summed E-state index contributed by atoms with van der Waals surface area (Å²) in [6.07, 6.45) is -0.738. The van der Waals surface area contributed by atoms with Crippen molar-refractivity contribution in [3.8, 4) is 11.5 Å². The minimum absolute atomic E-state index is 0.0177. The van der Waals surface area contributed by atoms with E-state index >= 15 is 0 Å². The molecule has 0 bridgehead atoms. The number of esters is 3. The van der Waals surface area contributed by atoms with Gasteiger partial charge in [-0.3, -0.25) is 19.2 Å². The van der Waals surface area contributed by atoms with Gasteiger partial charge in [0.1, 0.15) is 6.04 Å². The minimum atomic E-state index is -1.14. The first-order chi connectivity index (χ1) is 15.5. The lowest BCUT2D eigenvalue weighted by Gasteiger charge is -2.21. The molecule has 0 radical (unpaired) electrons. The lowest BCUT2D eigenvalue weighted by atomic mass is 9.97. The lowest BCUT2D eigenvalue weighted by molar-refractivity contribution is -0.145. The number of aliphatic carboxylic acids is 1. The van der Waals surface area contributed by atoms with E-state index in [1.165, 1.54) is 12.1 Å². The van der Waals surface area contributed by atoms with Gasteiger partial charge >= 0.3 is 23.9 Å². The second kappa shape index (κ2) is 11.6. The summed E-state index contributed by atoms with van der Waals surface area (Å²) in [6, 6.07) is 3.32. The summed E-state index contributed by atoms with van der Waals surface area (Å²) in [5.74, 6) is -3.60. The Hall–Kier alpha value is -3.43. The van der Waals surface area contributed by atoms with Gasteiger partial charge in [-0.05, 0) is 59.2 Å². The molecule has 0 aliphatic heterocycles. The van der Waals surface area contributed by atoms with Gasteiger partial charge in [0.05, 0.1) is 24.4 Å². The van der Waals surface area contributed by atoms with E-state index in [1.807, 2.05) is 0 Å². The van der Waals surface area contributed by atoms with Crippen molar-refractivity contribution in [1.82, 2.24) is 5.32 Å². The molecule has 1 amide bonds. The number of carbonyl (C=O) groups excluding carboxylic acids is 4. The molecular weight excluding hydrogens is 446 g/mol. The zero-order chi connectivity index (χ0) is 26.3.